The van der Waals surface area contributed by atoms with Crippen LogP contribution in [0.25, 0.3) is 0 Å². The molecule has 0 aliphatic rings. The molecule has 0 spiro atoms. The van der Waals surface area contributed by atoms with Gasteiger partial charge in [-0.3, -0.25) is 9.98 Å². The summed E-state index contributed by atoms with van der Waals surface area (Å²) in [6.07, 6.45) is 2.73. The second-order valence-electron chi connectivity index (χ2n) is 7.63. The van der Waals surface area contributed by atoms with Crippen LogP contribution in [0.5, 0.6) is 0 Å². The molecule has 0 amide bonds. The van der Waals surface area contributed by atoms with Crippen molar-refractivity contribution >= 4 is 43.0 Å². The predicted octanol–water partition coefficient (Wildman–Crippen LogP) is 8.19. The SMILES string of the molecule is C=CCc1c[c-]c(N=C(C)c2cccc(C(C)=Nc3c(C)cccc3C)n2)c(C)c1.[Cl][Fe][Cl].[Pr]. The zero-order chi connectivity index (χ0) is 24.4. The van der Waals surface area contributed by atoms with Gasteiger partial charge in [0, 0.05) is 41.3 Å². The zero-order valence-corrected chi connectivity index (χ0v) is 26.5. The molecule has 1 aromatic heterocycles. The molecule has 177 valence electrons. The number of aromatic nitrogens is 1. The maximum absolute atomic E-state index is 4.85. The van der Waals surface area contributed by atoms with Crippen LogP contribution in [0.3, 0.4) is 0 Å². The van der Waals surface area contributed by atoms with Gasteiger partial charge in [0.05, 0.1) is 28.5 Å². The third kappa shape index (κ3) is 9.30. The Morgan fingerprint density at radius 3 is 2.03 bits per heavy atom. The Kier molecular flexibility index (Phi) is 14.7. The molecule has 1 radical (unpaired) electrons. The van der Waals surface area contributed by atoms with Crippen LogP contribution >= 0.6 is 20.2 Å². The van der Waals surface area contributed by atoms with Crippen molar-refractivity contribution in [2.75, 3.05) is 0 Å². The molecule has 34 heavy (non-hydrogen) atoms. The summed E-state index contributed by atoms with van der Waals surface area (Å²) in [7, 11) is 9.53. The molecule has 0 aliphatic heterocycles. The monoisotopic (exact) mass is 661 g/mol. The van der Waals surface area contributed by atoms with Gasteiger partial charge in [0.25, 0.3) is 0 Å². The number of hydrogen-bond acceptors (Lipinski definition) is 3. The van der Waals surface area contributed by atoms with E-state index in [2.05, 4.69) is 57.7 Å². The number of halogens is 2. The fraction of sp³-hybridized carbons (Fsp3) is 0.222. The maximum Gasteiger partial charge on any atom is 0 e. The minimum absolute atomic E-state index is 0. The van der Waals surface area contributed by atoms with Crippen LogP contribution in [0.2, 0.25) is 0 Å². The molecule has 1 heterocycles. The van der Waals surface area contributed by atoms with E-state index in [4.69, 9.17) is 35.2 Å². The Morgan fingerprint density at radius 2 is 1.50 bits per heavy atom. The molecule has 7 heteroatoms. The van der Waals surface area contributed by atoms with Crippen LogP contribution < -0.4 is 0 Å². The first-order chi connectivity index (χ1) is 15.8. The van der Waals surface area contributed by atoms with E-state index in [0.29, 0.717) is 0 Å². The minimum Gasteiger partial charge on any atom is 0 e. The van der Waals surface area contributed by atoms with E-state index < -0.39 is 0 Å². The van der Waals surface area contributed by atoms with Gasteiger partial charge in [-0.15, -0.1) is 12.1 Å². The van der Waals surface area contributed by atoms with Crippen molar-refractivity contribution in [1.29, 1.82) is 0 Å². The molecule has 0 unspecified atom stereocenters. The Balaban J connectivity index is 0.00000137. The number of aryl methyl sites for hydroxylation is 3. The largest absolute Gasteiger partial charge is 0 e. The van der Waals surface area contributed by atoms with Crippen molar-refractivity contribution in [3.05, 3.63) is 101 Å². The van der Waals surface area contributed by atoms with Crippen molar-refractivity contribution in [2.45, 2.75) is 41.0 Å². The van der Waals surface area contributed by atoms with Crippen molar-refractivity contribution in [2.24, 2.45) is 9.98 Å². The topological polar surface area (TPSA) is 37.6 Å². The van der Waals surface area contributed by atoms with E-state index in [0.717, 1.165) is 57.3 Å². The van der Waals surface area contributed by atoms with Gasteiger partial charge in [-0.05, 0) is 56.6 Å². The molecule has 0 bridgehead atoms. The molecule has 0 atom stereocenters. The van der Waals surface area contributed by atoms with Crippen molar-refractivity contribution in [1.82, 2.24) is 4.98 Å². The van der Waals surface area contributed by atoms with Gasteiger partial charge in [-0.25, -0.2) is 4.98 Å². The molecule has 0 fully saturated rings. The number of para-hydroxylation sites is 1. The standard InChI is InChI=1S/C27H28N3.2ClH.Fe.Pr/c1-7-10-23-15-16-24(20(4)17-23)28-21(5)25-13-9-14-26(30-25)22(6)29-27-18(2)11-8-12-19(27)3;;;;/h7-9,11-15,17H,1,10H2,2-6H3;2*1H;;/q-1;;;+2;/p-2. The van der Waals surface area contributed by atoms with Crippen LogP contribution in [0.1, 0.15) is 47.5 Å². The molecule has 0 saturated heterocycles. The molecule has 0 aliphatic carbocycles. The van der Waals surface area contributed by atoms with E-state index in [1.54, 1.807) is 0 Å². The van der Waals surface area contributed by atoms with E-state index >= 15 is 0 Å². The van der Waals surface area contributed by atoms with Gasteiger partial charge >= 0.3 is 33.3 Å². The molecule has 2 aromatic carbocycles. The van der Waals surface area contributed by atoms with Gasteiger partial charge in [0.15, 0.2) is 0 Å². The number of allylic oxidation sites excluding steroid dienone is 1. The number of hydrogen-bond donors (Lipinski definition) is 0. The first-order valence-electron chi connectivity index (χ1n) is 10.4. The van der Waals surface area contributed by atoms with Crippen LogP contribution in [-0.2, 0) is 19.6 Å². The average Bonchev–Trinajstić information content (AvgIpc) is 2.79. The van der Waals surface area contributed by atoms with E-state index in [1.807, 2.05) is 44.2 Å². The molecular weight excluding hydrogens is 634 g/mol. The summed E-state index contributed by atoms with van der Waals surface area (Å²) in [6, 6.07) is 19.6. The van der Waals surface area contributed by atoms with Crippen LogP contribution in [0, 0.1) is 68.1 Å². The van der Waals surface area contributed by atoms with Crippen LogP contribution in [0.4, 0.5) is 11.4 Å². The van der Waals surface area contributed by atoms with Gasteiger partial charge in [-0.2, -0.15) is 23.8 Å². The summed E-state index contributed by atoms with van der Waals surface area (Å²) in [6.45, 7) is 14.0. The van der Waals surface area contributed by atoms with Gasteiger partial charge in [0.2, 0.25) is 0 Å². The van der Waals surface area contributed by atoms with Gasteiger partial charge in [-0.1, -0.05) is 43.7 Å². The molecule has 3 nitrogen and oxygen atoms in total. The fourth-order valence-corrected chi connectivity index (χ4v) is 3.34. The van der Waals surface area contributed by atoms with Gasteiger partial charge in [0.1, 0.15) is 0 Å². The van der Waals surface area contributed by atoms with Crippen molar-refractivity contribution in [3.8, 4) is 0 Å². The number of benzene rings is 2. The third-order valence-corrected chi connectivity index (χ3v) is 5.04. The summed E-state index contributed by atoms with van der Waals surface area (Å²) in [5, 5.41) is 0. The summed E-state index contributed by atoms with van der Waals surface area (Å²) >= 11 is 0.194. The number of rotatable bonds is 6. The Bertz CT molecular complexity index is 1160. The Hall–Kier alpha value is -0.867. The predicted molar refractivity (Wildman–Crippen MR) is 140 cm³/mol. The molecule has 0 N–H and O–H groups in total. The molecule has 3 rings (SSSR count). The van der Waals surface area contributed by atoms with E-state index in [-0.39, 0.29) is 54.4 Å². The first kappa shape index (κ1) is 31.2. The van der Waals surface area contributed by atoms with Crippen molar-refractivity contribution < 1.29 is 54.4 Å². The summed E-state index contributed by atoms with van der Waals surface area (Å²) in [5.74, 6) is 0. The molecule has 3 aromatic rings. The third-order valence-electron chi connectivity index (χ3n) is 5.04. The number of pyridine rings is 1. The van der Waals surface area contributed by atoms with Gasteiger partial charge < -0.3 is 0 Å². The number of nitrogens with zero attached hydrogens (tertiary/aromatic N) is 3. The quantitative estimate of drug-likeness (QED) is 0.114. The Labute approximate surface area is 251 Å². The fourth-order valence-electron chi connectivity index (χ4n) is 3.34. The normalized spacial score (nSPS) is 11.4. The second-order valence-corrected chi connectivity index (χ2v) is 9.45. The zero-order valence-electron chi connectivity index (χ0n) is 20.1. The molecular formula is C27H28Cl2FeN3Pr-. The van der Waals surface area contributed by atoms with Crippen LogP contribution in [0.15, 0.2) is 71.2 Å². The summed E-state index contributed by atoms with van der Waals surface area (Å²) < 4.78 is 0. The smallest absolute Gasteiger partial charge is 0 e. The van der Waals surface area contributed by atoms with E-state index in [9.17, 15) is 0 Å². The average molecular weight is 662 g/mol. The van der Waals surface area contributed by atoms with Crippen molar-refractivity contribution in [3.63, 3.8) is 0 Å². The summed E-state index contributed by atoms with van der Waals surface area (Å²) in [4.78, 5) is 14.4. The minimum atomic E-state index is 0. The summed E-state index contributed by atoms with van der Waals surface area (Å²) in [5.41, 5.74) is 9.90. The maximum atomic E-state index is 4.85. The molecule has 0 saturated carbocycles. The van der Waals surface area contributed by atoms with Crippen LogP contribution in [-0.4, -0.2) is 16.4 Å². The Morgan fingerprint density at radius 1 is 0.971 bits per heavy atom. The first-order valence-corrected chi connectivity index (χ1v) is 13.5. The van der Waals surface area contributed by atoms with E-state index in [1.165, 1.54) is 5.56 Å². The second kappa shape index (κ2) is 16.0. The number of aliphatic imine (C=N–C) groups is 2.